The summed E-state index contributed by atoms with van der Waals surface area (Å²) in [6.45, 7) is 8.27. The molecule has 0 aliphatic carbocycles. The quantitative estimate of drug-likeness (QED) is 0.493. The zero-order valence-electron chi connectivity index (χ0n) is 20.2. The van der Waals surface area contributed by atoms with Gasteiger partial charge in [-0.3, -0.25) is 4.72 Å². The Balaban J connectivity index is 1.54. The molecule has 3 aromatic rings. The van der Waals surface area contributed by atoms with Crippen LogP contribution in [0.15, 0.2) is 71.6 Å². The third-order valence-electron chi connectivity index (χ3n) is 6.42. The lowest BCUT2D eigenvalue weighted by molar-refractivity contribution is 0.0697. The number of rotatable bonds is 7. The molecule has 2 N–H and O–H groups in total. The van der Waals surface area contributed by atoms with Crippen molar-refractivity contribution in [2.24, 2.45) is 0 Å². The van der Waals surface area contributed by atoms with Crippen LogP contribution in [0.25, 0.3) is 0 Å². The van der Waals surface area contributed by atoms with Crippen molar-refractivity contribution in [3.8, 4) is 0 Å². The lowest BCUT2D eigenvalue weighted by Crippen LogP contribution is -2.52. The van der Waals surface area contributed by atoms with Gasteiger partial charge < -0.3 is 14.9 Å². The Kier molecular flexibility index (Phi) is 7.03. The summed E-state index contributed by atoms with van der Waals surface area (Å²) in [6.07, 6.45) is 0.815. The first-order valence-corrected chi connectivity index (χ1v) is 13.2. The SMILES string of the molecule is CCc1ccc(S(=O)(=O)Nc2ccc(N3CCN(c4cccc(C)c4)[C@H](C)C3)c(C(=O)O)c2)cc1. The standard InChI is InChI=1S/C27H31N3O4S/c1-4-21-8-11-24(12-9-21)35(33,34)28-22-10-13-26(25(17-22)27(31)32)29-14-15-30(20(3)18-29)23-7-5-6-19(2)16-23/h5-13,16-17,20,28H,4,14-15,18H2,1-3H3,(H,31,32)/t20-/m1/s1. The number of carboxylic acid groups (broad SMARTS) is 1. The molecular weight excluding hydrogens is 462 g/mol. The molecule has 7 nitrogen and oxygen atoms in total. The number of piperazine rings is 1. The molecule has 0 saturated carbocycles. The van der Waals surface area contributed by atoms with Gasteiger partial charge in [0.1, 0.15) is 0 Å². The summed E-state index contributed by atoms with van der Waals surface area (Å²) in [6, 6.07) is 19.9. The summed E-state index contributed by atoms with van der Waals surface area (Å²) in [7, 11) is -3.83. The molecule has 0 unspecified atom stereocenters. The van der Waals surface area contributed by atoms with Crippen molar-refractivity contribution in [2.45, 2.75) is 38.1 Å². The minimum Gasteiger partial charge on any atom is -0.478 e. The van der Waals surface area contributed by atoms with Crippen LogP contribution < -0.4 is 14.5 Å². The van der Waals surface area contributed by atoms with Crippen molar-refractivity contribution in [3.63, 3.8) is 0 Å². The number of aromatic carboxylic acids is 1. The Morgan fingerprint density at radius 1 is 1.06 bits per heavy atom. The Labute approximate surface area is 207 Å². The van der Waals surface area contributed by atoms with Gasteiger partial charge >= 0.3 is 5.97 Å². The lowest BCUT2D eigenvalue weighted by atomic mass is 10.1. The number of aryl methyl sites for hydroxylation is 2. The van der Waals surface area contributed by atoms with Gasteiger partial charge in [0.05, 0.1) is 16.1 Å². The van der Waals surface area contributed by atoms with Crippen molar-refractivity contribution in [1.82, 2.24) is 0 Å². The van der Waals surface area contributed by atoms with Crippen LogP contribution in [-0.4, -0.2) is 45.2 Å². The first kappa shape index (κ1) is 24.6. The largest absolute Gasteiger partial charge is 0.478 e. The Bertz CT molecular complexity index is 1320. The third kappa shape index (κ3) is 5.43. The van der Waals surface area contributed by atoms with E-state index in [4.69, 9.17) is 0 Å². The average molecular weight is 494 g/mol. The summed E-state index contributed by atoms with van der Waals surface area (Å²) >= 11 is 0. The molecule has 0 aromatic heterocycles. The van der Waals surface area contributed by atoms with E-state index in [2.05, 4.69) is 46.6 Å². The van der Waals surface area contributed by atoms with Crippen LogP contribution in [0, 0.1) is 6.92 Å². The fraction of sp³-hybridized carbons (Fsp3) is 0.296. The summed E-state index contributed by atoms with van der Waals surface area (Å²) in [5.74, 6) is -1.10. The Morgan fingerprint density at radius 3 is 2.43 bits per heavy atom. The molecule has 1 aliphatic heterocycles. The molecule has 1 heterocycles. The second kappa shape index (κ2) is 10.00. The van der Waals surface area contributed by atoms with Crippen LogP contribution >= 0.6 is 0 Å². The van der Waals surface area contributed by atoms with E-state index in [1.165, 1.54) is 11.6 Å². The van der Waals surface area contributed by atoms with Crippen LogP contribution in [0.4, 0.5) is 17.1 Å². The number of hydrogen-bond donors (Lipinski definition) is 2. The zero-order valence-corrected chi connectivity index (χ0v) is 21.0. The minimum absolute atomic E-state index is 0.0720. The maximum atomic E-state index is 12.8. The highest BCUT2D eigenvalue weighted by Crippen LogP contribution is 2.30. The Morgan fingerprint density at radius 2 is 1.80 bits per heavy atom. The van der Waals surface area contributed by atoms with Gasteiger partial charge in [-0.05, 0) is 73.9 Å². The van der Waals surface area contributed by atoms with Gasteiger partial charge in [-0.15, -0.1) is 0 Å². The number of nitrogens with zero attached hydrogens (tertiary/aromatic N) is 2. The van der Waals surface area contributed by atoms with Gasteiger partial charge in [-0.1, -0.05) is 31.2 Å². The molecule has 4 rings (SSSR count). The molecule has 0 spiro atoms. The van der Waals surface area contributed by atoms with E-state index in [9.17, 15) is 18.3 Å². The van der Waals surface area contributed by atoms with Crippen LogP contribution in [0.1, 0.15) is 35.3 Å². The van der Waals surface area contributed by atoms with Gasteiger partial charge in [0.2, 0.25) is 0 Å². The van der Waals surface area contributed by atoms with Crippen molar-refractivity contribution < 1.29 is 18.3 Å². The lowest BCUT2D eigenvalue weighted by Gasteiger charge is -2.42. The van der Waals surface area contributed by atoms with E-state index in [1.54, 1.807) is 36.4 Å². The number of sulfonamides is 1. The van der Waals surface area contributed by atoms with Crippen LogP contribution in [0.2, 0.25) is 0 Å². The van der Waals surface area contributed by atoms with Crippen LogP contribution in [-0.2, 0) is 16.4 Å². The molecule has 184 valence electrons. The highest BCUT2D eigenvalue weighted by Gasteiger charge is 2.27. The second-order valence-corrected chi connectivity index (χ2v) is 10.6. The van der Waals surface area contributed by atoms with E-state index in [-0.39, 0.29) is 22.2 Å². The van der Waals surface area contributed by atoms with Gasteiger partial charge in [-0.2, -0.15) is 0 Å². The fourth-order valence-corrected chi connectivity index (χ4v) is 5.58. The topological polar surface area (TPSA) is 90.0 Å². The van der Waals surface area contributed by atoms with Gasteiger partial charge in [0.25, 0.3) is 10.0 Å². The molecule has 1 aliphatic rings. The number of anilines is 3. The second-order valence-electron chi connectivity index (χ2n) is 8.97. The molecule has 3 aromatic carbocycles. The van der Waals surface area contributed by atoms with Crippen molar-refractivity contribution >= 4 is 33.1 Å². The normalized spacial score (nSPS) is 16.3. The smallest absolute Gasteiger partial charge is 0.337 e. The van der Waals surface area contributed by atoms with Crippen molar-refractivity contribution in [2.75, 3.05) is 34.2 Å². The van der Waals surface area contributed by atoms with Gasteiger partial charge in [-0.25, -0.2) is 13.2 Å². The van der Waals surface area contributed by atoms with Crippen LogP contribution in [0.5, 0.6) is 0 Å². The first-order chi connectivity index (χ1) is 16.7. The molecule has 0 bridgehead atoms. The minimum atomic E-state index is -3.83. The summed E-state index contributed by atoms with van der Waals surface area (Å²) in [5, 5.41) is 9.91. The molecule has 0 radical (unpaired) electrons. The zero-order chi connectivity index (χ0) is 25.2. The molecule has 1 atom stereocenters. The van der Waals surface area contributed by atoms with Crippen molar-refractivity contribution in [3.05, 3.63) is 83.4 Å². The maximum Gasteiger partial charge on any atom is 0.337 e. The van der Waals surface area contributed by atoms with E-state index in [0.717, 1.165) is 24.2 Å². The summed E-state index contributed by atoms with van der Waals surface area (Å²) in [5.41, 5.74) is 4.28. The number of carboxylic acids is 1. The predicted molar refractivity (Wildman–Crippen MR) is 140 cm³/mol. The van der Waals surface area contributed by atoms with Crippen LogP contribution in [0.3, 0.4) is 0 Å². The van der Waals surface area contributed by atoms with Gasteiger partial charge in [0, 0.05) is 37.1 Å². The average Bonchev–Trinajstić information content (AvgIpc) is 2.83. The number of hydrogen-bond acceptors (Lipinski definition) is 5. The molecule has 0 amide bonds. The van der Waals surface area contributed by atoms with E-state index < -0.39 is 16.0 Å². The van der Waals surface area contributed by atoms with E-state index in [0.29, 0.717) is 18.8 Å². The predicted octanol–water partition coefficient (Wildman–Crippen LogP) is 4.77. The first-order valence-electron chi connectivity index (χ1n) is 11.8. The molecule has 1 fully saturated rings. The Hall–Kier alpha value is -3.52. The van der Waals surface area contributed by atoms with E-state index in [1.807, 2.05) is 13.0 Å². The summed E-state index contributed by atoms with van der Waals surface area (Å²) < 4.78 is 28.2. The monoisotopic (exact) mass is 493 g/mol. The molecular formula is C27H31N3O4S. The molecule has 1 saturated heterocycles. The molecule has 35 heavy (non-hydrogen) atoms. The maximum absolute atomic E-state index is 12.8. The number of nitrogens with one attached hydrogen (secondary N) is 1. The highest BCUT2D eigenvalue weighted by molar-refractivity contribution is 7.92. The van der Waals surface area contributed by atoms with Crippen molar-refractivity contribution in [1.29, 1.82) is 0 Å². The molecule has 8 heteroatoms. The number of benzene rings is 3. The highest BCUT2D eigenvalue weighted by atomic mass is 32.2. The summed E-state index contributed by atoms with van der Waals surface area (Å²) in [4.78, 5) is 16.6. The fourth-order valence-electron chi connectivity index (χ4n) is 4.53. The number of carbonyl (C=O) groups is 1. The van der Waals surface area contributed by atoms with Gasteiger partial charge in [0.15, 0.2) is 0 Å². The van der Waals surface area contributed by atoms with E-state index >= 15 is 0 Å². The third-order valence-corrected chi connectivity index (χ3v) is 7.82.